The van der Waals surface area contributed by atoms with E-state index in [0.717, 1.165) is 5.52 Å². The van der Waals surface area contributed by atoms with E-state index in [9.17, 15) is 5.11 Å². The number of imidazole rings is 1. The van der Waals surface area contributed by atoms with E-state index in [1.54, 1.807) is 36.5 Å². The molecule has 2 heterocycles. The number of para-hydroxylation sites is 2. The third kappa shape index (κ3) is 2.95. The van der Waals surface area contributed by atoms with Gasteiger partial charge in [0.1, 0.15) is 11.6 Å². The fraction of sp³-hybridized carbons (Fsp3) is 0.0400. The van der Waals surface area contributed by atoms with Crippen LogP contribution in [-0.4, -0.2) is 19.6 Å². The number of hydrogen-bond acceptors (Lipinski definition) is 3. The molecule has 0 bridgehead atoms. The summed E-state index contributed by atoms with van der Waals surface area (Å²) >= 11 is 0. The van der Waals surface area contributed by atoms with Gasteiger partial charge in [-0.15, -0.1) is 0 Å². The molecule has 5 rings (SSSR count). The SMILES string of the molecule is [2H]c1c(-c2ccccn2)cc(-c2cccc3c2nc(-c2ccccc2O)n3C)c([2H])c1[2H]. The number of aromatic nitrogens is 3. The molecule has 0 aliphatic rings. The maximum absolute atomic E-state index is 10.3. The molecule has 0 saturated heterocycles. The van der Waals surface area contributed by atoms with Crippen molar-refractivity contribution in [2.45, 2.75) is 0 Å². The van der Waals surface area contributed by atoms with Gasteiger partial charge in [0, 0.05) is 24.4 Å². The van der Waals surface area contributed by atoms with Crippen molar-refractivity contribution in [2.24, 2.45) is 7.05 Å². The van der Waals surface area contributed by atoms with Crippen molar-refractivity contribution in [3.05, 3.63) is 91.1 Å². The molecule has 3 aromatic carbocycles. The zero-order valence-corrected chi connectivity index (χ0v) is 15.7. The van der Waals surface area contributed by atoms with E-state index in [1.165, 1.54) is 0 Å². The Labute approximate surface area is 173 Å². The molecule has 1 N–H and O–H groups in total. The van der Waals surface area contributed by atoms with Crippen LogP contribution in [-0.2, 0) is 7.05 Å². The zero-order chi connectivity index (χ0) is 22.4. The highest BCUT2D eigenvalue weighted by Crippen LogP contribution is 2.35. The van der Waals surface area contributed by atoms with E-state index in [0.29, 0.717) is 39.3 Å². The molecule has 0 aliphatic carbocycles. The van der Waals surface area contributed by atoms with Gasteiger partial charge < -0.3 is 9.67 Å². The summed E-state index contributed by atoms with van der Waals surface area (Å²) in [6.45, 7) is 0. The molecule has 0 atom stereocenters. The standard InChI is InChI=1S/C25H19N3O/c1-28-22-13-7-11-19(24(22)27-25(28)20-10-2-3-14-23(20)29)17-8-6-9-18(16-17)21-12-4-5-15-26-21/h2-16,29H,1H3/i6D,8D,9D. The van der Waals surface area contributed by atoms with Crippen LogP contribution in [0.4, 0.5) is 0 Å². The monoisotopic (exact) mass is 380 g/mol. The van der Waals surface area contributed by atoms with Gasteiger partial charge >= 0.3 is 0 Å². The summed E-state index contributed by atoms with van der Waals surface area (Å²) in [5.41, 5.74) is 4.38. The topological polar surface area (TPSA) is 50.9 Å². The Bertz CT molecular complexity index is 1480. The molecule has 0 unspecified atom stereocenters. The van der Waals surface area contributed by atoms with E-state index in [4.69, 9.17) is 9.10 Å². The number of aryl methyl sites for hydroxylation is 1. The van der Waals surface area contributed by atoms with Gasteiger partial charge in [-0.25, -0.2) is 4.98 Å². The van der Waals surface area contributed by atoms with E-state index >= 15 is 0 Å². The molecule has 0 aliphatic heterocycles. The molecule has 2 aromatic heterocycles. The lowest BCUT2D eigenvalue weighted by Gasteiger charge is -2.06. The van der Waals surface area contributed by atoms with Crippen molar-refractivity contribution in [1.29, 1.82) is 0 Å². The second-order valence-electron chi connectivity index (χ2n) is 6.75. The fourth-order valence-electron chi connectivity index (χ4n) is 3.52. The Kier molecular flexibility index (Phi) is 3.37. The van der Waals surface area contributed by atoms with Crippen LogP contribution in [0.25, 0.3) is 44.8 Å². The number of nitrogens with zero attached hydrogens (tertiary/aromatic N) is 3. The van der Waals surface area contributed by atoms with Gasteiger partial charge in [-0.2, -0.15) is 0 Å². The first kappa shape index (κ1) is 14.1. The van der Waals surface area contributed by atoms with Crippen molar-refractivity contribution in [3.63, 3.8) is 0 Å². The van der Waals surface area contributed by atoms with Crippen LogP contribution in [0.3, 0.4) is 0 Å². The number of aromatic hydroxyl groups is 1. The highest BCUT2D eigenvalue weighted by molar-refractivity contribution is 5.95. The van der Waals surface area contributed by atoms with Crippen molar-refractivity contribution >= 4 is 11.0 Å². The normalized spacial score (nSPS) is 12.5. The third-order valence-corrected chi connectivity index (χ3v) is 4.97. The maximum atomic E-state index is 10.3. The average molecular weight is 380 g/mol. The maximum Gasteiger partial charge on any atom is 0.144 e. The first-order valence-electron chi connectivity index (χ1n) is 10.7. The molecule has 140 valence electrons. The van der Waals surface area contributed by atoms with Gasteiger partial charge in [0.25, 0.3) is 0 Å². The van der Waals surface area contributed by atoms with Crippen LogP contribution in [0.1, 0.15) is 4.11 Å². The Balaban J connectivity index is 1.79. The Morgan fingerprint density at radius 1 is 0.897 bits per heavy atom. The molecule has 0 amide bonds. The van der Waals surface area contributed by atoms with Crippen molar-refractivity contribution < 1.29 is 9.22 Å². The van der Waals surface area contributed by atoms with Crippen molar-refractivity contribution in [1.82, 2.24) is 14.5 Å². The van der Waals surface area contributed by atoms with Crippen LogP contribution in [0, 0.1) is 0 Å². The number of hydrogen-bond donors (Lipinski definition) is 1. The largest absolute Gasteiger partial charge is 0.507 e. The van der Waals surface area contributed by atoms with Crippen LogP contribution in [0.5, 0.6) is 5.75 Å². The Morgan fingerprint density at radius 2 is 1.69 bits per heavy atom. The van der Waals surface area contributed by atoms with Crippen molar-refractivity contribution in [2.75, 3.05) is 0 Å². The number of benzene rings is 3. The number of rotatable bonds is 3. The number of pyridine rings is 1. The predicted molar refractivity (Wildman–Crippen MR) is 116 cm³/mol. The predicted octanol–water partition coefficient (Wildman–Crippen LogP) is 5.67. The van der Waals surface area contributed by atoms with Crippen LogP contribution in [0.15, 0.2) is 91.1 Å². The zero-order valence-electron chi connectivity index (χ0n) is 18.7. The summed E-state index contributed by atoms with van der Waals surface area (Å²) in [5.74, 6) is 0.739. The van der Waals surface area contributed by atoms with Gasteiger partial charge in [-0.3, -0.25) is 4.98 Å². The molecule has 0 spiro atoms. The molecule has 4 heteroatoms. The molecule has 4 nitrogen and oxygen atoms in total. The van der Waals surface area contributed by atoms with Gasteiger partial charge in [-0.05, 0) is 42.0 Å². The minimum absolute atomic E-state index is 0.0273. The second-order valence-corrected chi connectivity index (χ2v) is 6.75. The molecular formula is C25H19N3O. The fourth-order valence-corrected chi connectivity index (χ4v) is 3.52. The average Bonchev–Trinajstić information content (AvgIpc) is 3.15. The first-order valence-corrected chi connectivity index (χ1v) is 9.23. The molecule has 5 aromatic rings. The van der Waals surface area contributed by atoms with E-state index < -0.39 is 0 Å². The van der Waals surface area contributed by atoms with Gasteiger partial charge in [-0.1, -0.05) is 48.5 Å². The number of phenolic OH excluding ortho intramolecular Hbond substituents is 1. The molecular weight excluding hydrogens is 358 g/mol. The summed E-state index contributed by atoms with van der Waals surface area (Å²) in [7, 11) is 1.88. The highest BCUT2D eigenvalue weighted by Gasteiger charge is 2.16. The van der Waals surface area contributed by atoms with Gasteiger partial charge in [0.2, 0.25) is 0 Å². The van der Waals surface area contributed by atoms with Crippen LogP contribution in [0.2, 0.25) is 0 Å². The summed E-state index contributed by atoms with van der Waals surface area (Å²) in [5, 5.41) is 10.3. The minimum Gasteiger partial charge on any atom is -0.507 e. The third-order valence-electron chi connectivity index (χ3n) is 4.97. The van der Waals surface area contributed by atoms with Crippen LogP contribution >= 0.6 is 0 Å². The lowest BCUT2D eigenvalue weighted by molar-refractivity contribution is 0.476. The summed E-state index contributed by atoms with van der Waals surface area (Å²) in [6.07, 6.45) is 1.64. The first-order chi connectivity index (χ1) is 15.5. The Hall–Kier alpha value is -3.92. The number of phenols is 1. The van der Waals surface area contributed by atoms with Gasteiger partial charge in [0.05, 0.1) is 26.4 Å². The lowest BCUT2D eigenvalue weighted by atomic mass is 10.0. The second kappa shape index (κ2) is 6.91. The van der Waals surface area contributed by atoms with E-state index in [-0.39, 0.29) is 23.9 Å². The molecule has 0 radical (unpaired) electrons. The summed E-state index contributed by atoms with van der Waals surface area (Å²) in [6, 6.07) is 19.7. The summed E-state index contributed by atoms with van der Waals surface area (Å²) < 4.78 is 27.2. The number of fused-ring (bicyclic) bond motifs is 1. The smallest absolute Gasteiger partial charge is 0.144 e. The van der Waals surface area contributed by atoms with Gasteiger partial charge in [0.15, 0.2) is 0 Å². The lowest BCUT2D eigenvalue weighted by Crippen LogP contribution is -1.92. The van der Waals surface area contributed by atoms with Crippen LogP contribution < -0.4 is 0 Å². The van der Waals surface area contributed by atoms with E-state index in [2.05, 4.69) is 4.98 Å². The minimum atomic E-state index is -0.156. The molecule has 0 saturated carbocycles. The molecule has 0 fully saturated rings. The quantitative estimate of drug-likeness (QED) is 0.438. The summed E-state index contributed by atoms with van der Waals surface area (Å²) in [4.78, 5) is 9.14. The Morgan fingerprint density at radius 3 is 2.52 bits per heavy atom. The highest BCUT2D eigenvalue weighted by atomic mass is 16.3. The van der Waals surface area contributed by atoms with Crippen molar-refractivity contribution in [3.8, 4) is 39.5 Å². The van der Waals surface area contributed by atoms with E-state index in [1.807, 2.05) is 48.0 Å². The molecule has 29 heavy (non-hydrogen) atoms.